The number of hydrogen-bond donors (Lipinski definition) is 1. The highest BCUT2D eigenvalue weighted by Crippen LogP contribution is 2.05. The predicted octanol–water partition coefficient (Wildman–Crippen LogP) is 2.75. The van der Waals surface area contributed by atoms with E-state index in [1.807, 2.05) is 25.1 Å². The molecule has 0 saturated carbocycles. The van der Waals surface area contributed by atoms with Gasteiger partial charge in [-0.25, -0.2) is 0 Å². The van der Waals surface area contributed by atoms with E-state index in [4.69, 9.17) is 11.6 Å². The van der Waals surface area contributed by atoms with Gasteiger partial charge in [-0.05, 0) is 32.3 Å². The largest absolute Gasteiger partial charge is 0.352 e. The molecule has 16 heavy (non-hydrogen) atoms. The summed E-state index contributed by atoms with van der Waals surface area (Å²) < 4.78 is 0. The Bertz CT molecular complexity index is 324. The lowest BCUT2D eigenvalue weighted by Crippen LogP contribution is -2.37. The maximum atomic E-state index is 11.3. The summed E-state index contributed by atoms with van der Waals surface area (Å²) in [4.78, 5) is 11.3. The third-order valence-corrected chi connectivity index (χ3v) is 2.66. The zero-order valence-electron chi connectivity index (χ0n) is 9.74. The number of carbonyl (C=O) groups excluding carboxylic acids is 1. The fraction of sp³-hybridized carbons (Fsp3) is 0.462. The molecule has 1 aromatic rings. The third kappa shape index (κ3) is 4.67. The smallest absolute Gasteiger partial charge is 0.237 e. The molecule has 0 aliphatic heterocycles. The second kappa shape index (κ2) is 6.54. The van der Waals surface area contributed by atoms with Crippen LogP contribution < -0.4 is 5.32 Å². The van der Waals surface area contributed by atoms with Crippen molar-refractivity contribution in [2.45, 2.75) is 38.1 Å². The van der Waals surface area contributed by atoms with Gasteiger partial charge in [0.25, 0.3) is 0 Å². The van der Waals surface area contributed by atoms with Gasteiger partial charge in [-0.2, -0.15) is 0 Å². The minimum Gasteiger partial charge on any atom is -0.352 e. The van der Waals surface area contributed by atoms with E-state index in [9.17, 15) is 4.79 Å². The molecule has 0 aliphatic carbocycles. The fourth-order valence-electron chi connectivity index (χ4n) is 1.46. The maximum absolute atomic E-state index is 11.3. The average molecular weight is 240 g/mol. The van der Waals surface area contributed by atoms with E-state index in [-0.39, 0.29) is 11.9 Å². The summed E-state index contributed by atoms with van der Waals surface area (Å²) >= 11 is 5.68. The molecule has 0 aliphatic rings. The molecule has 0 unspecified atom stereocenters. The number of amides is 1. The van der Waals surface area contributed by atoms with Crippen LogP contribution in [0, 0.1) is 0 Å². The average Bonchev–Trinajstić information content (AvgIpc) is 2.27. The molecule has 1 rings (SSSR count). The van der Waals surface area contributed by atoms with Crippen LogP contribution in [0.2, 0.25) is 0 Å². The van der Waals surface area contributed by atoms with Gasteiger partial charge in [0.15, 0.2) is 0 Å². The number of halogens is 1. The van der Waals surface area contributed by atoms with Crippen molar-refractivity contribution in [3.05, 3.63) is 35.9 Å². The van der Waals surface area contributed by atoms with Crippen LogP contribution in [0.5, 0.6) is 0 Å². The molecule has 2 nitrogen and oxygen atoms in total. The summed E-state index contributed by atoms with van der Waals surface area (Å²) in [6.45, 7) is 3.68. The first-order chi connectivity index (χ1) is 7.59. The number of alkyl halides is 1. The monoisotopic (exact) mass is 239 g/mol. The molecule has 0 heterocycles. The van der Waals surface area contributed by atoms with Crippen LogP contribution in [0.3, 0.4) is 0 Å². The highest BCUT2D eigenvalue weighted by molar-refractivity contribution is 6.30. The molecular weight excluding hydrogens is 222 g/mol. The molecule has 1 amide bonds. The van der Waals surface area contributed by atoms with Gasteiger partial charge in [0.2, 0.25) is 5.91 Å². The molecule has 3 heteroatoms. The van der Waals surface area contributed by atoms with E-state index < -0.39 is 5.38 Å². The molecule has 0 radical (unpaired) electrons. The Morgan fingerprint density at radius 2 is 1.94 bits per heavy atom. The Labute approximate surface area is 102 Å². The van der Waals surface area contributed by atoms with Crippen molar-refractivity contribution in [1.82, 2.24) is 5.32 Å². The first kappa shape index (κ1) is 13.0. The van der Waals surface area contributed by atoms with Crippen molar-refractivity contribution in [3.8, 4) is 0 Å². The Morgan fingerprint density at radius 3 is 2.50 bits per heavy atom. The second-order valence-electron chi connectivity index (χ2n) is 4.05. The highest BCUT2D eigenvalue weighted by Gasteiger charge is 2.11. The number of carbonyl (C=O) groups is 1. The summed E-state index contributed by atoms with van der Waals surface area (Å²) in [5.41, 5.74) is 1.29. The van der Waals surface area contributed by atoms with Crippen molar-refractivity contribution in [2.24, 2.45) is 0 Å². The van der Waals surface area contributed by atoms with Crippen LogP contribution in [0.25, 0.3) is 0 Å². The SMILES string of the molecule is C[C@H](CCc1ccccc1)NC(=O)[C@H](C)Cl. The first-order valence-electron chi connectivity index (χ1n) is 5.58. The molecule has 0 saturated heterocycles. The Hall–Kier alpha value is -1.02. The zero-order valence-corrected chi connectivity index (χ0v) is 10.5. The van der Waals surface area contributed by atoms with E-state index in [1.165, 1.54) is 5.56 Å². The number of aryl methyl sites for hydroxylation is 1. The number of rotatable bonds is 5. The Morgan fingerprint density at radius 1 is 1.31 bits per heavy atom. The van der Waals surface area contributed by atoms with Crippen LogP contribution in [0.4, 0.5) is 0 Å². The lowest BCUT2D eigenvalue weighted by atomic mass is 10.1. The summed E-state index contributed by atoms with van der Waals surface area (Å²) in [7, 11) is 0. The van der Waals surface area contributed by atoms with Gasteiger partial charge in [-0.1, -0.05) is 30.3 Å². The zero-order chi connectivity index (χ0) is 12.0. The Kier molecular flexibility index (Phi) is 5.33. The van der Waals surface area contributed by atoms with Crippen LogP contribution in [-0.4, -0.2) is 17.3 Å². The molecular formula is C13H18ClNO. The molecule has 1 aromatic carbocycles. The van der Waals surface area contributed by atoms with Crippen molar-refractivity contribution in [1.29, 1.82) is 0 Å². The number of benzene rings is 1. The summed E-state index contributed by atoms with van der Waals surface area (Å²) in [5, 5.41) is 2.42. The van der Waals surface area contributed by atoms with Crippen LogP contribution in [-0.2, 0) is 11.2 Å². The van der Waals surface area contributed by atoms with Gasteiger partial charge in [0.1, 0.15) is 5.38 Å². The summed E-state index contributed by atoms with van der Waals surface area (Å²) in [5.74, 6) is -0.0952. The van der Waals surface area contributed by atoms with Gasteiger partial charge in [-0.3, -0.25) is 4.79 Å². The minimum atomic E-state index is -0.459. The molecule has 0 aromatic heterocycles. The lowest BCUT2D eigenvalue weighted by molar-refractivity contribution is -0.121. The predicted molar refractivity (Wildman–Crippen MR) is 67.7 cm³/mol. The van der Waals surface area contributed by atoms with E-state index in [1.54, 1.807) is 6.92 Å². The molecule has 88 valence electrons. The van der Waals surface area contributed by atoms with E-state index >= 15 is 0 Å². The van der Waals surface area contributed by atoms with E-state index in [0.29, 0.717) is 0 Å². The molecule has 0 bridgehead atoms. The standard InChI is InChI=1S/C13H18ClNO/c1-10(15-13(16)11(2)14)8-9-12-6-4-3-5-7-12/h3-7,10-11H,8-9H2,1-2H3,(H,15,16)/t10-,11+/m1/s1. The number of hydrogen-bond acceptors (Lipinski definition) is 1. The van der Waals surface area contributed by atoms with E-state index in [2.05, 4.69) is 17.4 Å². The fourth-order valence-corrected chi connectivity index (χ4v) is 1.52. The minimum absolute atomic E-state index is 0.0952. The van der Waals surface area contributed by atoms with Gasteiger partial charge >= 0.3 is 0 Å². The molecule has 0 spiro atoms. The third-order valence-electron chi connectivity index (χ3n) is 2.46. The topological polar surface area (TPSA) is 29.1 Å². The van der Waals surface area contributed by atoms with Gasteiger partial charge in [0, 0.05) is 6.04 Å². The molecule has 1 N–H and O–H groups in total. The normalized spacial score (nSPS) is 14.2. The lowest BCUT2D eigenvalue weighted by Gasteiger charge is -2.14. The van der Waals surface area contributed by atoms with Crippen LogP contribution in [0.1, 0.15) is 25.8 Å². The number of nitrogens with one attached hydrogen (secondary N) is 1. The molecule has 0 fully saturated rings. The first-order valence-corrected chi connectivity index (χ1v) is 6.01. The van der Waals surface area contributed by atoms with Crippen molar-refractivity contribution in [2.75, 3.05) is 0 Å². The maximum Gasteiger partial charge on any atom is 0.237 e. The molecule has 2 atom stereocenters. The Balaban J connectivity index is 2.30. The summed E-state index contributed by atoms with van der Waals surface area (Å²) in [6, 6.07) is 10.4. The van der Waals surface area contributed by atoms with Gasteiger partial charge in [-0.15, -0.1) is 11.6 Å². The van der Waals surface area contributed by atoms with Crippen molar-refractivity contribution >= 4 is 17.5 Å². The van der Waals surface area contributed by atoms with E-state index in [0.717, 1.165) is 12.8 Å². The second-order valence-corrected chi connectivity index (χ2v) is 4.70. The van der Waals surface area contributed by atoms with Gasteiger partial charge in [0.05, 0.1) is 0 Å². The van der Waals surface area contributed by atoms with Crippen molar-refractivity contribution < 1.29 is 4.79 Å². The summed E-state index contributed by atoms with van der Waals surface area (Å²) in [6.07, 6.45) is 1.90. The van der Waals surface area contributed by atoms with Crippen molar-refractivity contribution in [3.63, 3.8) is 0 Å². The van der Waals surface area contributed by atoms with Crippen LogP contribution in [0.15, 0.2) is 30.3 Å². The quantitative estimate of drug-likeness (QED) is 0.787. The van der Waals surface area contributed by atoms with Crippen LogP contribution >= 0.6 is 11.6 Å². The highest BCUT2D eigenvalue weighted by atomic mass is 35.5. The van der Waals surface area contributed by atoms with Gasteiger partial charge < -0.3 is 5.32 Å².